The molecule has 3 rings (SSSR count). The first-order chi connectivity index (χ1) is 16.3. The monoisotopic (exact) mass is 491 g/mol. The number of sulfonamides is 1. The van der Waals surface area contributed by atoms with E-state index in [4.69, 9.17) is 4.74 Å². The predicted molar refractivity (Wildman–Crippen MR) is 125 cm³/mol. The Bertz CT molecular complexity index is 1060. The maximum absolute atomic E-state index is 13.4. The molecule has 184 valence electrons. The standard InChI is InChI=1S/C24H30FN3O5S/c1-2-22(24(30)26-15-20-7-6-14-33-20)28(17-18-10-12-19(25)13-11-18)23(29)16-27-34(31,32)21-8-4-3-5-9-21/h3-5,8-13,20,22,27H,2,6-7,14-17H2,1H3,(H,26,30)/t20-,22-/m1/s1. The van der Waals surface area contributed by atoms with Crippen LogP contribution in [-0.4, -0.2) is 57.0 Å². The van der Waals surface area contributed by atoms with Gasteiger partial charge in [-0.15, -0.1) is 0 Å². The molecule has 0 spiro atoms. The van der Waals surface area contributed by atoms with Crippen LogP contribution in [0, 0.1) is 5.82 Å². The minimum atomic E-state index is -3.91. The van der Waals surface area contributed by atoms with Crippen molar-refractivity contribution < 1.29 is 27.1 Å². The Morgan fingerprint density at radius 1 is 1.15 bits per heavy atom. The topological polar surface area (TPSA) is 105 Å². The van der Waals surface area contributed by atoms with Crippen LogP contribution in [-0.2, 0) is 30.9 Å². The molecule has 1 fully saturated rings. The van der Waals surface area contributed by atoms with Crippen LogP contribution >= 0.6 is 0 Å². The number of halogens is 1. The normalized spacial score (nSPS) is 16.7. The van der Waals surface area contributed by atoms with Crippen LogP contribution in [0.15, 0.2) is 59.5 Å². The molecule has 1 heterocycles. The van der Waals surface area contributed by atoms with Crippen LogP contribution in [0.3, 0.4) is 0 Å². The number of benzene rings is 2. The number of nitrogens with one attached hydrogen (secondary N) is 2. The summed E-state index contributed by atoms with van der Waals surface area (Å²) in [7, 11) is -3.91. The molecule has 1 aliphatic rings. The third kappa shape index (κ3) is 7.09. The van der Waals surface area contributed by atoms with E-state index in [1.165, 1.54) is 41.3 Å². The Morgan fingerprint density at radius 2 is 1.85 bits per heavy atom. The lowest BCUT2D eigenvalue weighted by Crippen LogP contribution is -2.52. The van der Waals surface area contributed by atoms with Crippen molar-refractivity contribution in [3.05, 3.63) is 66.0 Å². The number of rotatable bonds is 11. The third-order valence-corrected chi connectivity index (χ3v) is 7.06. The summed E-state index contributed by atoms with van der Waals surface area (Å²) in [6.45, 7) is 2.28. The van der Waals surface area contributed by atoms with Crippen molar-refractivity contribution in [1.82, 2.24) is 14.9 Å². The molecule has 2 N–H and O–H groups in total. The SMILES string of the molecule is CC[C@H](C(=O)NC[C@H]1CCCO1)N(Cc1ccc(F)cc1)C(=O)CNS(=O)(=O)c1ccccc1. The molecular formula is C24H30FN3O5S. The van der Waals surface area contributed by atoms with E-state index >= 15 is 0 Å². The molecule has 0 aromatic heterocycles. The summed E-state index contributed by atoms with van der Waals surface area (Å²) in [5.74, 6) is -1.33. The second-order valence-corrected chi connectivity index (χ2v) is 9.86. The van der Waals surface area contributed by atoms with Crippen molar-refractivity contribution in [2.24, 2.45) is 0 Å². The maximum Gasteiger partial charge on any atom is 0.242 e. The molecule has 2 amide bonds. The van der Waals surface area contributed by atoms with E-state index in [1.54, 1.807) is 25.1 Å². The van der Waals surface area contributed by atoms with E-state index in [0.717, 1.165) is 12.8 Å². The van der Waals surface area contributed by atoms with E-state index in [0.29, 0.717) is 25.1 Å². The quantitative estimate of drug-likeness (QED) is 0.502. The van der Waals surface area contributed by atoms with Crippen molar-refractivity contribution in [2.75, 3.05) is 19.7 Å². The van der Waals surface area contributed by atoms with Gasteiger partial charge in [-0.05, 0) is 49.1 Å². The highest BCUT2D eigenvalue weighted by atomic mass is 32.2. The molecular weight excluding hydrogens is 461 g/mol. The highest BCUT2D eigenvalue weighted by Gasteiger charge is 2.30. The summed E-state index contributed by atoms with van der Waals surface area (Å²) in [6, 6.07) is 12.5. The molecule has 0 bridgehead atoms. The van der Waals surface area contributed by atoms with Crippen LogP contribution < -0.4 is 10.0 Å². The van der Waals surface area contributed by atoms with Gasteiger partial charge in [0, 0.05) is 19.7 Å². The number of hydrogen-bond donors (Lipinski definition) is 2. The van der Waals surface area contributed by atoms with Gasteiger partial charge in [-0.1, -0.05) is 37.3 Å². The van der Waals surface area contributed by atoms with Gasteiger partial charge in [0.15, 0.2) is 0 Å². The van der Waals surface area contributed by atoms with Gasteiger partial charge in [-0.25, -0.2) is 17.5 Å². The Morgan fingerprint density at radius 3 is 2.47 bits per heavy atom. The van der Waals surface area contributed by atoms with Crippen molar-refractivity contribution in [3.8, 4) is 0 Å². The van der Waals surface area contributed by atoms with E-state index in [2.05, 4.69) is 10.0 Å². The lowest BCUT2D eigenvalue weighted by molar-refractivity contribution is -0.140. The molecule has 1 aliphatic heterocycles. The largest absolute Gasteiger partial charge is 0.376 e. The average molecular weight is 492 g/mol. The fourth-order valence-corrected chi connectivity index (χ4v) is 4.78. The number of carbonyl (C=O) groups excluding carboxylic acids is 2. The van der Waals surface area contributed by atoms with Crippen LogP contribution in [0.5, 0.6) is 0 Å². The number of nitrogens with zero attached hydrogens (tertiary/aromatic N) is 1. The first-order valence-electron chi connectivity index (χ1n) is 11.3. The van der Waals surface area contributed by atoms with E-state index in [1.807, 2.05) is 0 Å². The number of amides is 2. The zero-order chi connectivity index (χ0) is 24.6. The van der Waals surface area contributed by atoms with Gasteiger partial charge in [0.05, 0.1) is 17.5 Å². The smallest absolute Gasteiger partial charge is 0.242 e. The van der Waals surface area contributed by atoms with Crippen molar-refractivity contribution in [3.63, 3.8) is 0 Å². The number of carbonyl (C=O) groups is 2. The molecule has 2 atom stereocenters. The van der Waals surface area contributed by atoms with Crippen molar-refractivity contribution >= 4 is 21.8 Å². The second kappa shape index (κ2) is 12.0. The molecule has 0 unspecified atom stereocenters. The second-order valence-electron chi connectivity index (χ2n) is 8.09. The molecule has 34 heavy (non-hydrogen) atoms. The first-order valence-corrected chi connectivity index (χ1v) is 12.8. The summed E-state index contributed by atoms with van der Waals surface area (Å²) >= 11 is 0. The highest BCUT2D eigenvalue weighted by Crippen LogP contribution is 2.15. The zero-order valence-electron chi connectivity index (χ0n) is 19.1. The Balaban J connectivity index is 1.74. The molecule has 2 aromatic carbocycles. The van der Waals surface area contributed by atoms with Gasteiger partial charge in [0.2, 0.25) is 21.8 Å². The highest BCUT2D eigenvalue weighted by molar-refractivity contribution is 7.89. The Kier molecular flexibility index (Phi) is 9.14. The van der Waals surface area contributed by atoms with Crippen molar-refractivity contribution in [2.45, 2.75) is 49.8 Å². The summed E-state index contributed by atoms with van der Waals surface area (Å²) in [5.41, 5.74) is 0.617. The van der Waals surface area contributed by atoms with Gasteiger partial charge in [-0.2, -0.15) is 0 Å². The molecule has 1 saturated heterocycles. The fraction of sp³-hybridized carbons (Fsp3) is 0.417. The summed E-state index contributed by atoms with van der Waals surface area (Å²) in [5, 5.41) is 2.85. The van der Waals surface area contributed by atoms with Gasteiger partial charge in [0.1, 0.15) is 11.9 Å². The molecule has 8 nitrogen and oxygen atoms in total. The maximum atomic E-state index is 13.4. The predicted octanol–water partition coefficient (Wildman–Crippen LogP) is 2.21. The molecule has 0 aliphatic carbocycles. The van der Waals surface area contributed by atoms with Crippen LogP contribution in [0.1, 0.15) is 31.7 Å². The summed E-state index contributed by atoms with van der Waals surface area (Å²) in [6.07, 6.45) is 2.06. The van der Waals surface area contributed by atoms with Crippen LogP contribution in [0.25, 0.3) is 0 Å². The van der Waals surface area contributed by atoms with Gasteiger partial charge in [-0.3, -0.25) is 9.59 Å². The van der Waals surface area contributed by atoms with E-state index in [-0.39, 0.29) is 23.5 Å². The first kappa shape index (κ1) is 25.8. The van der Waals surface area contributed by atoms with E-state index in [9.17, 15) is 22.4 Å². The Labute approximate surface area is 199 Å². The Hall–Kier alpha value is -2.82. The fourth-order valence-electron chi connectivity index (χ4n) is 3.78. The number of ether oxygens (including phenoxy) is 1. The molecule has 0 saturated carbocycles. The van der Waals surface area contributed by atoms with Gasteiger partial charge in [0.25, 0.3) is 0 Å². The lowest BCUT2D eigenvalue weighted by Gasteiger charge is -2.31. The van der Waals surface area contributed by atoms with Crippen LogP contribution in [0.4, 0.5) is 4.39 Å². The van der Waals surface area contributed by atoms with Crippen LogP contribution in [0.2, 0.25) is 0 Å². The molecule has 2 aromatic rings. The van der Waals surface area contributed by atoms with Gasteiger partial charge < -0.3 is 15.0 Å². The lowest BCUT2D eigenvalue weighted by atomic mass is 10.1. The zero-order valence-corrected chi connectivity index (χ0v) is 19.9. The average Bonchev–Trinajstić information content (AvgIpc) is 3.37. The van der Waals surface area contributed by atoms with Crippen molar-refractivity contribution in [1.29, 1.82) is 0 Å². The van der Waals surface area contributed by atoms with Gasteiger partial charge >= 0.3 is 0 Å². The minimum absolute atomic E-state index is 0.0258. The number of hydrogen-bond acceptors (Lipinski definition) is 5. The molecule has 0 radical (unpaired) electrons. The summed E-state index contributed by atoms with van der Waals surface area (Å²) in [4.78, 5) is 27.5. The van der Waals surface area contributed by atoms with E-state index < -0.39 is 34.3 Å². The molecule has 10 heteroatoms. The summed E-state index contributed by atoms with van der Waals surface area (Å²) < 4.78 is 46.3. The minimum Gasteiger partial charge on any atom is -0.376 e. The third-order valence-electron chi connectivity index (χ3n) is 5.65.